The van der Waals surface area contributed by atoms with Crippen LogP contribution < -0.4 is 0 Å². The molecule has 0 bridgehead atoms. The van der Waals surface area contributed by atoms with Gasteiger partial charge in [0.1, 0.15) is 5.78 Å². The highest BCUT2D eigenvalue weighted by atomic mass is 16.3. The van der Waals surface area contributed by atoms with Gasteiger partial charge in [0.2, 0.25) is 0 Å². The lowest BCUT2D eigenvalue weighted by Gasteiger charge is -2.41. The Bertz CT molecular complexity index is 361. The van der Waals surface area contributed by atoms with Crippen molar-refractivity contribution in [1.29, 1.82) is 0 Å². The maximum Gasteiger partial charge on any atom is 0.137 e. The summed E-state index contributed by atoms with van der Waals surface area (Å²) in [6.07, 6.45) is 6.94. The minimum absolute atomic E-state index is 0.169. The van der Waals surface area contributed by atoms with Gasteiger partial charge in [0.05, 0.1) is 6.10 Å². The molecule has 2 aliphatic rings. The van der Waals surface area contributed by atoms with Crippen LogP contribution in [-0.4, -0.2) is 41.5 Å². The fraction of sp³-hybridized carbons (Fsp3) is 0.944. The fourth-order valence-electron chi connectivity index (χ4n) is 4.17. The number of aliphatic hydroxyl groups excluding tert-OH is 1. The molecule has 122 valence electrons. The first-order chi connectivity index (χ1) is 9.79. The van der Waals surface area contributed by atoms with Crippen LogP contribution in [0, 0.1) is 17.3 Å². The highest BCUT2D eigenvalue weighted by molar-refractivity contribution is 5.82. The summed E-state index contributed by atoms with van der Waals surface area (Å²) in [5, 5.41) is 10.2. The van der Waals surface area contributed by atoms with E-state index in [2.05, 4.69) is 32.7 Å². The van der Waals surface area contributed by atoms with Gasteiger partial charge in [-0.2, -0.15) is 0 Å². The number of nitrogens with zero attached hydrogens (tertiary/aromatic N) is 1. The molecular weight excluding hydrogens is 262 g/mol. The summed E-state index contributed by atoms with van der Waals surface area (Å²) in [6.45, 7) is 7.70. The molecule has 21 heavy (non-hydrogen) atoms. The zero-order valence-electron chi connectivity index (χ0n) is 14.3. The van der Waals surface area contributed by atoms with E-state index in [1.165, 1.54) is 6.42 Å². The van der Waals surface area contributed by atoms with E-state index in [0.29, 0.717) is 17.1 Å². The third kappa shape index (κ3) is 4.29. The van der Waals surface area contributed by atoms with Crippen molar-refractivity contribution >= 4 is 5.78 Å². The Kier molecular flexibility index (Phi) is 5.48. The van der Waals surface area contributed by atoms with Gasteiger partial charge in [-0.15, -0.1) is 0 Å². The summed E-state index contributed by atoms with van der Waals surface area (Å²) in [6, 6.07) is 0.251. The van der Waals surface area contributed by atoms with Crippen LogP contribution in [0.3, 0.4) is 0 Å². The molecule has 0 saturated heterocycles. The molecule has 0 spiro atoms. The number of Topliss-reactive ketones (excluding diaryl/α,β-unsaturated/α-hetero) is 1. The Morgan fingerprint density at radius 2 is 1.86 bits per heavy atom. The second kappa shape index (κ2) is 6.78. The maximum absolute atomic E-state index is 12.3. The van der Waals surface area contributed by atoms with Gasteiger partial charge < -0.3 is 10.0 Å². The average Bonchev–Trinajstić information content (AvgIpc) is 2.40. The van der Waals surface area contributed by atoms with E-state index in [4.69, 9.17) is 0 Å². The number of rotatable bonds is 3. The second-order valence-electron chi connectivity index (χ2n) is 8.36. The second-order valence-corrected chi connectivity index (χ2v) is 8.36. The minimum atomic E-state index is -0.208. The van der Waals surface area contributed by atoms with Crippen molar-refractivity contribution in [3.8, 4) is 0 Å². The SMILES string of the molecule is CN(CC1CC(C(C)(C)C)CCC1=O)C1CCCCC1O. The molecule has 0 radical (unpaired) electrons. The Balaban J connectivity index is 1.94. The van der Waals surface area contributed by atoms with E-state index >= 15 is 0 Å². The lowest BCUT2D eigenvalue weighted by atomic mass is 9.68. The topological polar surface area (TPSA) is 40.5 Å². The van der Waals surface area contributed by atoms with Crippen molar-refractivity contribution in [2.75, 3.05) is 13.6 Å². The van der Waals surface area contributed by atoms with Crippen LogP contribution in [0.2, 0.25) is 0 Å². The third-order valence-electron chi connectivity index (χ3n) is 5.76. The number of carbonyl (C=O) groups excluding carboxylic acids is 1. The van der Waals surface area contributed by atoms with Gasteiger partial charge in [-0.1, -0.05) is 33.6 Å². The van der Waals surface area contributed by atoms with Gasteiger partial charge in [-0.05, 0) is 44.1 Å². The fourth-order valence-corrected chi connectivity index (χ4v) is 4.17. The van der Waals surface area contributed by atoms with Gasteiger partial charge in [0, 0.05) is 24.9 Å². The lowest BCUT2D eigenvalue weighted by molar-refractivity contribution is -0.127. The molecule has 0 aliphatic heterocycles. The van der Waals surface area contributed by atoms with Crippen LogP contribution in [0.5, 0.6) is 0 Å². The summed E-state index contributed by atoms with van der Waals surface area (Å²) in [5.41, 5.74) is 0.294. The van der Waals surface area contributed by atoms with Crippen molar-refractivity contribution in [3.63, 3.8) is 0 Å². The van der Waals surface area contributed by atoms with Crippen LogP contribution in [0.1, 0.15) is 65.7 Å². The highest BCUT2D eigenvalue weighted by Gasteiger charge is 2.36. The molecule has 0 aromatic carbocycles. The first kappa shape index (κ1) is 17.0. The van der Waals surface area contributed by atoms with E-state index < -0.39 is 0 Å². The van der Waals surface area contributed by atoms with Crippen molar-refractivity contribution in [2.45, 2.75) is 77.9 Å². The number of carbonyl (C=O) groups is 1. The molecular formula is C18H33NO2. The Labute approximate surface area is 130 Å². The molecule has 3 nitrogen and oxygen atoms in total. The quantitative estimate of drug-likeness (QED) is 0.869. The number of aliphatic hydroxyl groups is 1. The lowest BCUT2D eigenvalue weighted by Crippen LogP contribution is -2.47. The number of likely N-dealkylation sites (N-methyl/N-ethyl adjacent to an activating group) is 1. The molecule has 2 rings (SSSR count). The standard InChI is InChI=1S/C18H33NO2/c1-18(2,3)14-9-10-16(20)13(11-14)12-19(4)15-7-5-6-8-17(15)21/h13-15,17,21H,5-12H2,1-4H3. The normalized spacial score (nSPS) is 35.2. The van der Waals surface area contributed by atoms with E-state index in [0.717, 1.165) is 45.1 Å². The Hall–Kier alpha value is -0.410. The van der Waals surface area contributed by atoms with Crippen LogP contribution in [0.15, 0.2) is 0 Å². The van der Waals surface area contributed by atoms with Gasteiger partial charge in [-0.3, -0.25) is 4.79 Å². The van der Waals surface area contributed by atoms with E-state index in [1.54, 1.807) is 0 Å². The summed E-state index contributed by atoms with van der Waals surface area (Å²) in [5.74, 6) is 1.25. The molecule has 2 fully saturated rings. The number of hydrogen-bond acceptors (Lipinski definition) is 3. The number of ketones is 1. The summed E-state index contributed by atoms with van der Waals surface area (Å²) in [7, 11) is 2.09. The van der Waals surface area contributed by atoms with Crippen LogP contribution >= 0.6 is 0 Å². The van der Waals surface area contributed by atoms with E-state index in [9.17, 15) is 9.90 Å². The first-order valence-corrected chi connectivity index (χ1v) is 8.70. The molecule has 4 unspecified atom stereocenters. The molecule has 2 aliphatic carbocycles. The predicted octanol–water partition coefficient (Wildman–Crippen LogP) is 3.25. The summed E-state index contributed by atoms with van der Waals surface area (Å²) < 4.78 is 0. The Morgan fingerprint density at radius 1 is 1.19 bits per heavy atom. The molecule has 0 heterocycles. The maximum atomic E-state index is 12.3. The summed E-state index contributed by atoms with van der Waals surface area (Å²) in [4.78, 5) is 14.5. The third-order valence-corrected chi connectivity index (χ3v) is 5.76. The molecule has 1 N–H and O–H groups in total. The van der Waals surface area contributed by atoms with Crippen LogP contribution in [-0.2, 0) is 4.79 Å². The zero-order valence-corrected chi connectivity index (χ0v) is 14.3. The largest absolute Gasteiger partial charge is 0.391 e. The molecule has 2 saturated carbocycles. The molecule has 0 amide bonds. The van der Waals surface area contributed by atoms with Gasteiger partial charge in [0.15, 0.2) is 0 Å². The van der Waals surface area contributed by atoms with E-state index in [-0.39, 0.29) is 18.1 Å². The monoisotopic (exact) mass is 295 g/mol. The van der Waals surface area contributed by atoms with Gasteiger partial charge in [0.25, 0.3) is 0 Å². The zero-order chi connectivity index (χ0) is 15.6. The predicted molar refractivity (Wildman–Crippen MR) is 86.2 cm³/mol. The Morgan fingerprint density at radius 3 is 2.48 bits per heavy atom. The highest BCUT2D eigenvalue weighted by Crippen LogP contribution is 2.39. The van der Waals surface area contributed by atoms with Crippen molar-refractivity contribution in [2.24, 2.45) is 17.3 Å². The molecule has 4 atom stereocenters. The smallest absolute Gasteiger partial charge is 0.137 e. The van der Waals surface area contributed by atoms with Crippen molar-refractivity contribution in [1.82, 2.24) is 4.90 Å². The number of hydrogen-bond donors (Lipinski definition) is 1. The molecule has 0 aromatic heterocycles. The van der Waals surface area contributed by atoms with Crippen LogP contribution in [0.4, 0.5) is 0 Å². The minimum Gasteiger partial charge on any atom is -0.391 e. The summed E-state index contributed by atoms with van der Waals surface area (Å²) >= 11 is 0. The van der Waals surface area contributed by atoms with Gasteiger partial charge in [-0.25, -0.2) is 0 Å². The van der Waals surface area contributed by atoms with Crippen molar-refractivity contribution in [3.05, 3.63) is 0 Å². The van der Waals surface area contributed by atoms with Gasteiger partial charge >= 0.3 is 0 Å². The molecule has 0 aromatic rings. The van der Waals surface area contributed by atoms with E-state index in [1.807, 2.05) is 0 Å². The molecule has 3 heteroatoms. The first-order valence-electron chi connectivity index (χ1n) is 8.70. The average molecular weight is 295 g/mol. The van der Waals surface area contributed by atoms with Crippen molar-refractivity contribution < 1.29 is 9.90 Å². The van der Waals surface area contributed by atoms with Crippen LogP contribution in [0.25, 0.3) is 0 Å².